The summed E-state index contributed by atoms with van der Waals surface area (Å²) >= 11 is 0. The molecule has 0 heterocycles. The van der Waals surface area contributed by atoms with Gasteiger partial charge in [0.15, 0.2) is 0 Å². The van der Waals surface area contributed by atoms with Gasteiger partial charge in [-0.05, 0) is 55.3 Å². The maximum absolute atomic E-state index is 5.65. The third kappa shape index (κ3) is 3.53. The molecule has 1 aliphatic rings. The van der Waals surface area contributed by atoms with Gasteiger partial charge in [-0.3, -0.25) is 0 Å². The highest BCUT2D eigenvalue weighted by Gasteiger charge is 2.36. The quantitative estimate of drug-likeness (QED) is 0.569. The van der Waals surface area contributed by atoms with Crippen LogP contribution in [0.1, 0.15) is 31.7 Å². The third-order valence-corrected chi connectivity index (χ3v) is 3.45. The number of hydrogen-bond acceptors (Lipinski definition) is 2. The van der Waals surface area contributed by atoms with Crippen molar-refractivity contribution >= 4 is 5.69 Å². The molecule has 0 radical (unpaired) electrons. The molecule has 2 nitrogen and oxygen atoms in total. The topological polar surface area (TPSA) is 38.0 Å². The summed E-state index contributed by atoms with van der Waals surface area (Å²) in [6, 6.07) is 8.21. The fraction of sp³-hybridized carbons (Fsp3) is 0.571. The Balaban J connectivity index is 1.59. The maximum atomic E-state index is 5.65. The molecule has 1 fully saturated rings. The zero-order chi connectivity index (χ0) is 11.4. The predicted octanol–water partition coefficient (Wildman–Crippen LogP) is 2.59. The lowest BCUT2D eigenvalue weighted by Gasteiger charge is -2.09. The molecule has 1 saturated carbocycles. The standard InChI is InChI=1S/C14H22N2/c1-14(8-9-14)11-16-10-2-3-12-4-6-13(15)7-5-12/h4-7,16H,2-3,8-11,15H2,1H3. The summed E-state index contributed by atoms with van der Waals surface area (Å²) in [4.78, 5) is 0. The van der Waals surface area contributed by atoms with E-state index in [1.165, 1.54) is 31.4 Å². The van der Waals surface area contributed by atoms with E-state index in [0.29, 0.717) is 5.41 Å². The number of anilines is 1. The van der Waals surface area contributed by atoms with E-state index >= 15 is 0 Å². The number of nitrogens with two attached hydrogens (primary N) is 1. The van der Waals surface area contributed by atoms with Crippen molar-refractivity contribution in [2.75, 3.05) is 18.8 Å². The summed E-state index contributed by atoms with van der Waals surface area (Å²) in [5.74, 6) is 0. The van der Waals surface area contributed by atoms with Gasteiger partial charge >= 0.3 is 0 Å². The molecule has 1 aliphatic carbocycles. The summed E-state index contributed by atoms with van der Waals surface area (Å²) in [7, 11) is 0. The van der Waals surface area contributed by atoms with Gasteiger partial charge in [-0.1, -0.05) is 19.1 Å². The van der Waals surface area contributed by atoms with Crippen LogP contribution in [0.4, 0.5) is 5.69 Å². The van der Waals surface area contributed by atoms with Crippen LogP contribution in [0.25, 0.3) is 0 Å². The zero-order valence-electron chi connectivity index (χ0n) is 10.1. The molecule has 0 spiro atoms. The van der Waals surface area contributed by atoms with Gasteiger partial charge in [0.2, 0.25) is 0 Å². The number of aryl methyl sites for hydroxylation is 1. The van der Waals surface area contributed by atoms with Crippen molar-refractivity contribution in [3.05, 3.63) is 29.8 Å². The average molecular weight is 218 g/mol. The highest BCUT2D eigenvalue weighted by Crippen LogP contribution is 2.43. The second kappa shape index (κ2) is 4.88. The Kier molecular flexibility index (Phi) is 3.49. The van der Waals surface area contributed by atoms with Crippen molar-refractivity contribution in [3.63, 3.8) is 0 Å². The van der Waals surface area contributed by atoms with Gasteiger partial charge in [-0.25, -0.2) is 0 Å². The van der Waals surface area contributed by atoms with Gasteiger partial charge in [-0.2, -0.15) is 0 Å². The van der Waals surface area contributed by atoms with E-state index in [1.54, 1.807) is 0 Å². The fourth-order valence-corrected chi connectivity index (χ4v) is 1.88. The Morgan fingerprint density at radius 2 is 1.94 bits per heavy atom. The second-order valence-corrected chi connectivity index (χ2v) is 5.33. The van der Waals surface area contributed by atoms with E-state index in [2.05, 4.69) is 24.4 Å². The second-order valence-electron chi connectivity index (χ2n) is 5.33. The van der Waals surface area contributed by atoms with E-state index in [0.717, 1.165) is 18.7 Å². The van der Waals surface area contributed by atoms with Gasteiger partial charge in [0.1, 0.15) is 0 Å². The van der Waals surface area contributed by atoms with Crippen LogP contribution in [0.5, 0.6) is 0 Å². The molecule has 16 heavy (non-hydrogen) atoms. The first-order valence-corrected chi connectivity index (χ1v) is 6.23. The summed E-state index contributed by atoms with van der Waals surface area (Å²) in [6.07, 6.45) is 5.15. The molecular weight excluding hydrogens is 196 g/mol. The van der Waals surface area contributed by atoms with Gasteiger partial charge in [0.05, 0.1) is 0 Å². The first-order valence-electron chi connectivity index (χ1n) is 6.23. The number of benzene rings is 1. The van der Waals surface area contributed by atoms with Crippen LogP contribution < -0.4 is 11.1 Å². The van der Waals surface area contributed by atoms with Crippen molar-refractivity contribution in [1.29, 1.82) is 0 Å². The Hall–Kier alpha value is -1.02. The summed E-state index contributed by atoms with van der Waals surface area (Å²) in [5, 5.41) is 3.54. The Morgan fingerprint density at radius 1 is 1.25 bits per heavy atom. The van der Waals surface area contributed by atoms with Gasteiger partial charge in [0, 0.05) is 12.2 Å². The lowest BCUT2D eigenvalue weighted by atomic mass is 10.1. The highest BCUT2D eigenvalue weighted by atomic mass is 14.9. The minimum atomic E-state index is 0.626. The van der Waals surface area contributed by atoms with Crippen molar-refractivity contribution in [3.8, 4) is 0 Å². The Morgan fingerprint density at radius 3 is 2.56 bits per heavy atom. The summed E-state index contributed by atoms with van der Waals surface area (Å²) in [6.45, 7) is 4.68. The van der Waals surface area contributed by atoms with Crippen molar-refractivity contribution in [1.82, 2.24) is 5.32 Å². The Bertz CT molecular complexity index is 325. The van der Waals surface area contributed by atoms with Gasteiger partial charge in [0.25, 0.3) is 0 Å². The zero-order valence-corrected chi connectivity index (χ0v) is 10.1. The number of nitrogen functional groups attached to an aromatic ring is 1. The van der Waals surface area contributed by atoms with Gasteiger partial charge < -0.3 is 11.1 Å². The van der Waals surface area contributed by atoms with Crippen LogP contribution in [-0.4, -0.2) is 13.1 Å². The molecule has 0 unspecified atom stereocenters. The molecule has 0 amide bonds. The minimum absolute atomic E-state index is 0.626. The molecule has 0 saturated heterocycles. The molecule has 1 aromatic carbocycles. The first-order chi connectivity index (χ1) is 7.68. The predicted molar refractivity (Wildman–Crippen MR) is 69.4 cm³/mol. The van der Waals surface area contributed by atoms with Crippen molar-refractivity contribution < 1.29 is 0 Å². The molecule has 0 aromatic heterocycles. The smallest absolute Gasteiger partial charge is 0.0314 e. The molecule has 0 aliphatic heterocycles. The lowest BCUT2D eigenvalue weighted by molar-refractivity contribution is 0.495. The number of hydrogen-bond donors (Lipinski definition) is 2. The SMILES string of the molecule is CC1(CNCCCc2ccc(N)cc2)CC1. The molecule has 0 atom stereocenters. The molecule has 3 N–H and O–H groups in total. The van der Waals surface area contributed by atoms with Crippen molar-refractivity contribution in [2.24, 2.45) is 5.41 Å². The third-order valence-electron chi connectivity index (χ3n) is 3.45. The van der Waals surface area contributed by atoms with Crippen LogP contribution >= 0.6 is 0 Å². The van der Waals surface area contributed by atoms with E-state index in [9.17, 15) is 0 Å². The van der Waals surface area contributed by atoms with Crippen LogP contribution in [0, 0.1) is 5.41 Å². The monoisotopic (exact) mass is 218 g/mol. The van der Waals surface area contributed by atoms with E-state index in [4.69, 9.17) is 5.73 Å². The van der Waals surface area contributed by atoms with Crippen LogP contribution in [0.2, 0.25) is 0 Å². The van der Waals surface area contributed by atoms with Crippen LogP contribution in [-0.2, 0) is 6.42 Å². The number of nitrogens with one attached hydrogen (secondary N) is 1. The summed E-state index contributed by atoms with van der Waals surface area (Å²) < 4.78 is 0. The molecule has 0 bridgehead atoms. The summed E-state index contributed by atoms with van der Waals surface area (Å²) in [5.41, 5.74) is 8.51. The molecule has 1 aromatic rings. The van der Waals surface area contributed by atoms with Crippen LogP contribution in [0.15, 0.2) is 24.3 Å². The average Bonchev–Trinajstić information content (AvgIpc) is 2.99. The van der Waals surface area contributed by atoms with Crippen molar-refractivity contribution in [2.45, 2.75) is 32.6 Å². The van der Waals surface area contributed by atoms with E-state index in [1.807, 2.05) is 12.1 Å². The molecule has 2 heteroatoms. The van der Waals surface area contributed by atoms with Gasteiger partial charge in [-0.15, -0.1) is 0 Å². The largest absolute Gasteiger partial charge is 0.399 e. The first kappa shape index (κ1) is 11.5. The fourth-order valence-electron chi connectivity index (χ4n) is 1.88. The molecule has 2 rings (SSSR count). The lowest BCUT2D eigenvalue weighted by Crippen LogP contribution is -2.23. The van der Waals surface area contributed by atoms with E-state index < -0.39 is 0 Å². The maximum Gasteiger partial charge on any atom is 0.0314 e. The van der Waals surface area contributed by atoms with E-state index in [-0.39, 0.29) is 0 Å². The van der Waals surface area contributed by atoms with Crippen LogP contribution in [0.3, 0.4) is 0 Å². The normalized spacial score (nSPS) is 17.3. The molecule has 88 valence electrons. The number of rotatable bonds is 6. The Labute approximate surface area is 98.2 Å². The minimum Gasteiger partial charge on any atom is -0.399 e. The highest BCUT2D eigenvalue weighted by molar-refractivity contribution is 5.39. The molecular formula is C14H22N2.